The molecule has 0 aliphatic carbocycles. The quantitative estimate of drug-likeness (QED) is 0.147. The molecule has 1 saturated heterocycles. The van der Waals surface area contributed by atoms with Crippen molar-refractivity contribution < 1.29 is 33.7 Å². The molecule has 3 heterocycles. The summed E-state index contributed by atoms with van der Waals surface area (Å²) in [5.74, 6) is -0.474. The average Bonchev–Trinajstić information content (AvgIpc) is 3.59. The second-order valence-corrected chi connectivity index (χ2v) is 11.1. The van der Waals surface area contributed by atoms with E-state index in [4.69, 9.17) is 14.2 Å². The number of aromatic nitrogens is 1. The molecule has 1 fully saturated rings. The molecule has 0 unspecified atom stereocenters. The molecule has 0 saturated carbocycles. The van der Waals surface area contributed by atoms with Crippen LogP contribution in [0.15, 0.2) is 42.0 Å². The minimum Gasteiger partial charge on any atom is -0.507 e. The molecule has 3 aromatic rings. The minimum atomic E-state index is -1.02. The predicted molar refractivity (Wildman–Crippen MR) is 155 cm³/mol. The van der Waals surface area contributed by atoms with Crippen LogP contribution in [0.25, 0.3) is 5.76 Å². The van der Waals surface area contributed by atoms with Crippen LogP contribution in [0.1, 0.15) is 72.2 Å². The zero-order chi connectivity index (χ0) is 29.4. The molecule has 9 nitrogen and oxygen atoms in total. The minimum absolute atomic E-state index is 0.00187. The van der Waals surface area contributed by atoms with Gasteiger partial charge in [0, 0.05) is 18.9 Å². The van der Waals surface area contributed by atoms with Crippen molar-refractivity contribution in [1.29, 1.82) is 0 Å². The molecule has 2 aliphatic rings. The van der Waals surface area contributed by atoms with E-state index >= 15 is 0 Å². The lowest BCUT2D eigenvalue weighted by atomic mass is 9.94. The first-order chi connectivity index (χ1) is 19.6. The number of hydrogen-bond donors (Lipinski definition) is 1. The van der Waals surface area contributed by atoms with Gasteiger partial charge in [0.15, 0.2) is 22.4 Å². The highest BCUT2D eigenvalue weighted by atomic mass is 32.1. The summed E-state index contributed by atoms with van der Waals surface area (Å²) < 4.78 is 17.5. The zero-order valence-corrected chi connectivity index (χ0v) is 24.5. The van der Waals surface area contributed by atoms with Gasteiger partial charge >= 0.3 is 5.91 Å². The van der Waals surface area contributed by atoms with E-state index in [1.54, 1.807) is 43.3 Å². The first-order valence-corrected chi connectivity index (χ1v) is 14.4. The smallest absolute Gasteiger partial charge is 0.301 e. The van der Waals surface area contributed by atoms with Gasteiger partial charge in [-0.3, -0.25) is 19.3 Å². The number of aliphatic hydroxyl groups is 1. The number of aliphatic hydroxyl groups excluding tert-OH is 1. The molecule has 0 bridgehead atoms. The summed E-state index contributed by atoms with van der Waals surface area (Å²) in [7, 11) is 0. The Kier molecular flexibility index (Phi) is 7.86. The normalized spacial score (nSPS) is 19.3. The first kappa shape index (κ1) is 28.4. The number of nitrogens with zero attached hydrogens (tertiary/aromatic N) is 2. The van der Waals surface area contributed by atoms with Crippen LogP contribution in [0, 0.1) is 6.92 Å². The monoisotopic (exact) mass is 576 g/mol. The molecule has 2 aliphatic heterocycles. The van der Waals surface area contributed by atoms with Crippen molar-refractivity contribution in [3.63, 3.8) is 0 Å². The molecule has 1 aromatic heterocycles. The van der Waals surface area contributed by atoms with Gasteiger partial charge in [0.25, 0.3) is 5.78 Å². The van der Waals surface area contributed by atoms with E-state index in [-0.39, 0.29) is 28.4 Å². The lowest BCUT2D eigenvalue weighted by molar-refractivity contribution is -0.132. The fraction of sp³-hybridized carbons (Fsp3) is 0.355. The van der Waals surface area contributed by atoms with Crippen molar-refractivity contribution >= 4 is 39.7 Å². The Balaban J connectivity index is 1.70. The van der Waals surface area contributed by atoms with Crippen molar-refractivity contribution in [2.75, 3.05) is 18.1 Å². The molecule has 1 N–H and O–H groups in total. The number of benzene rings is 2. The summed E-state index contributed by atoms with van der Waals surface area (Å²) in [5, 5.41) is 11.8. The Morgan fingerprint density at radius 2 is 1.93 bits per heavy atom. The van der Waals surface area contributed by atoms with E-state index in [0.29, 0.717) is 52.8 Å². The first-order valence-electron chi connectivity index (χ1n) is 13.6. The molecular weight excluding hydrogens is 544 g/mol. The van der Waals surface area contributed by atoms with E-state index in [2.05, 4.69) is 4.98 Å². The number of carbonyl (C=O) groups is 3. The van der Waals surface area contributed by atoms with Crippen molar-refractivity contribution in [2.24, 2.45) is 0 Å². The predicted octanol–water partition coefficient (Wildman–Crippen LogP) is 5.79. The third-order valence-corrected chi connectivity index (χ3v) is 8.23. The third-order valence-electron chi connectivity index (χ3n) is 6.97. The molecule has 41 heavy (non-hydrogen) atoms. The van der Waals surface area contributed by atoms with Crippen LogP contribution in [0.3, 0.4) is 0 Å². The number of anilines is 1. The topological polar surface area (TPSA) is 115 Å². The number of Topliss-reactive ketones (excluding diaryl/α,β-unsaturated/α-hetero) is 2. The van der Waals surface area contributed by atoms with Gasteiger partial charge in [0.2, 0.25) is 0 Å². The molecule has 5 rings (SSSR count). The number of thiazole rings is 1. The SMILES string of the molecule is CCCOc1ccc([C@H]2C(=C(O)c3ccc4c(c3)C[C@H](C)O4)C(=O)C(=O)N2c2nc(C)c(C(C)=O)s2)cc1OCC. The highest BCUT2D eigenvalue weighted by Crippen LogP contribution is 2.46. The maximum atomic E-state index is 13.6. The second kappa shape index (κ2) is 11.4. The number of amides is 1. The molecule has 0 spiro atoms. The summed E-state index contributed by atoms with van der Waals surface area (Å²) in [6.07, 6.45) is 1.47. The van der Waals surface area contributed by atoms with E-state index in [9.17, 15) is 19.5 Å². The number of fused-ring (bicyclic) bond motifs is 1. The summed E-state index contributed by atoms with van der Waals surface area (Å²) in [6.45, 7) is 9.78. The summed E-state index contributed by atoms with van der Waals surface area (Å²) in [6, 6.07) is 9.39. The zero-order valence-electron chi connectivity index (χ0n) is 23.6. The van der Waals surface area contributed by atoms with E-state index in [0.717, 1.165) is 29.1 Å². The molecule has 214 valence electrons. The van der Waals surface area contributed by atoms with Crippen LogP contribution in [-0.4, -0.2) is 46.9 Å². The molecular formula is C31H32N2O7S. The van der Waals surface area contributed by atoms with Crippen LogP contribution in [0.2, 0.25) is 0 Å². The maximum absolute atomic E-state index is 13.6. The van der Waals surface area contributed by atoms with Gasteiger partial charge in [-0.15, -0.1) is 0 Å². The number of aryl methyl sites for hydroxylation is 1. The van der Waals surface area contributed by atoms with Crippen molar-refractivity contribution in [3.8, 4) is 17.2 Å². The van der Waals surface area contributed by atoms with Crippen LogP contribution in [0.5, 0.6) is 17.2 Å². The van der Waals surface area contributed by atoms with Gasteiger partial charge in [-0.25, -0.2) is 4.98 Å². The molecule has 10 heteroatoms. The van der Waals surface area contributed by atoms with Gasteiger partial charge in [-0.2, -0.15) is 0 Å². The van der Waals surface area contributed by atoms with E-state index in [1.165, 1.54) is 11.8 Å². The standard InChI is InChI=1S/C31H32N2O7S/c1-6-12-39-23-11-8-19(15-24(23)38-7-2)26-25(27(35)20-9-10-22-21(14-20)13-16(3)40-22)28(36)30(37)33(26)31-32-17(4)29(41-31)18(5)34/h8-11,14-16,26,35H,6-7,12-13H2,1-5H3/t16-,26-/m0/s1. The lowest BCUT2D eigenvalue weighted by Crippen LogP contribution is -2.29. The fourth-order valence-electron chi connectivity index (χ4n) is 5.18. The van der Waals surface area contributed by atoms with E-state index < -0.39 is 17.7 Å². The van der Waals surface area contributed by atoms with Gasteiger partial charge in [-0.05, 0) is 68.7 Å². The maximum Gasteiger partial charge on any atom is 0.301 e. The third kappa shape index (κ3) is 5.19. The van der Waals surface area contributed by atoms with Gasteiger partial charge in [0.1, 0.15) is 17.6 Å². The van der Waals surface area contributed by atoms with Crippen molar-refractivity contribution in [2.45, 2.75) is 59.6 Å². The molecule has 1 amide bonds. The number of hydrogen-bond acceptors (Lipinski definition) is 9. The number of ketones is 2. The number of carbonyl (C=O) groups excluding carboxylic acids is 3. The number of rotatable bonds is 9. The Morgan fingerprint density at radius 3 is 2.61 bits per heavy atom. The average molecular weight is 577 g/mol. The number of ether oxygens (including phenoxy) is 3. The van der Waals surface area contributed by atoms with Crippen LogP contribution >= 0.6 is 11.3 Å². The Hall–Kier alpha value is -4.18. The lowest BCUT2D eigenvalue weighted by Gasteiger charge is -2.24. The molecule has 2 atom stereocenters. The van der Waals surface area contributed by atoms with Crippen LogP contribution in [-0.2, 0) is 16.0 Å². The summed E-state index contributed by atoms with van der Waals surface area (Å²) in [5.41, 5.74) is 2.21. The molecule has 2 aromatic carbocycles. The van der Waals surface area contributed by atoms with Crippen molar-refractivity contribution in [3.05, 3.63) is 69.2 Å². The largest absolute Gasteiger partial charge is 0.507 e. The molecule has 0 radical (unpaired) electrons. The summed E-state index contributed by atoms with van der Waals surface area (Å²) in [4.78, 5) is 45.6. The van der Waals surface area contributed by atoms with Gasteiger partial charge in [0.05, 0.1) is 35.4 Å². The Morgan fingerprint density at radius 1 is 1.15 bits per heavy atom. The van der Waals surface area contributed by atoms with Crippen molar-refractivity contribution in [1.82, 2.24) is 4.98 Å². The Labute approximate surface area is 242 Å². The fourth-order valence-corrected chi connectivity index (χ4v) is 6.17. The Bertz CT molecular complexity index is 1570. The van der Waals surface area contributed by atoms with Gasteiger partial charge in [-0.1, -0.05) is 24.3 Å². The second-order valence-electron chi connectivity index (χ2n) is 10.1. The van der Waals surface area contributed by atoms with Crippen LogP contribution < -0.4 is 19.1 Å². The van der Waals surface area contributed by atoms with Crippen LogP contribution in [0.4, 0.5) is 5.13 Å². The van der Waals surface area contributed by atoms with Gasteiger partial charge < -0.3 is 19.3 Å². The highest BCUT2D eigenvalue weighted by Gasteiger charge is 2.48. The summed E-state index contributed by atoms with van der Waals surface area (Å²) >= 11 is 1.04. The highest BCUT2D eigenvalue weighted by molar-refractivity contribution is 7.18. The van der Waals surface area contributed by atoms with E-state index in [1.807, 2.05) is 20.8 Å².